The molecule has 0 spiro atoms. The van der Waals surface area contributed by atoms with E-state index in [1.54, 1.807) is 0 Å². The van der Waals surface area contributed by atoms with E-state index in [-0.39, 0.29) is 30.4 Å². The average Bonchev–Trinajstić information content (AvgIpc) is 3.39. The molecule has 0 aliphatic carbocycles. The quantitative estimate of drug-likeness (QED) is 0.590. The van der Waals surface area contributed by atoms with Gasteiger partial charge in [0.1, 0.15) is 12.4 Å². The Bertz CT molecular complexity index is 1070. The monoisotopic (exact) mass is 418 g/mol. The molecule has 0 unspecified atom stereocenters. The first-order chi connectivity index (χ1) is 15.0. The summed E-state index contributed by atoms with van der Waals surface area (Å²) in [5.41, 5.74) is 2.67. The van der Waals surface area contributed by atoms with Crippen molar-refractivity contribution in [2.45, 2.75) is 58.7 Å². The van der Waals surface area contributed by atoms with E-state index >= 15 is 0 Å². The molecule has 0 saturated carbocycles. The number of imidazole rings is 1. The van der Waals surface area contributed by atoms with Crippen molar-refractivity contribution in [3.8, 4) is 0 Å². The number of likely N-dealkylation sites (tertiary alicyclic amines) is 1. The lowest BCUT2D eigenvalue weighted by molar-refractivity contribution is -0.131. The Morgan fingerprint density at radius 2 is 1.81 bits per heavy atom. The van der Waals surface area contributed by atoms with Crippen LogP contribution in [0, 0.1) is 0 Å². The molecule has 1 atom stereocenters. The normalized spacial score (nSPS) is 16.3. The number of hydrogen-bond acceptors (Lipinski definition) is 3. The highest BCUT2D eigenvalue weighted by molar-refractivity contribution is 5.94. The Morgan fingerprint density at radius 3 is 2.52 bits per heavy atom. The van der Waals surface area contributed by atoms with Gasteiger partial charge in [-0.2, -0.15) is 0 Å². The minimum atomic E-state index is -0.0862. The Kier molecular flexibility index (Phi) is 6.07. The minimum absolute atomic E-state index is 0.0111. The standard InChI is InChI=1S/C25H30N4O2/c1-4-23(30)27-16-10-15-22(27)25-26-20-13-8-9-14-21(20)28(25)17-24(31)29(18(2)3)19-11-6-5-7-12-19/h5-9,11-14,18,22H,4,10,15-17H2,1-3H3/t22-/m1/s1. The van der Waals surface area contributed by atoms with Crippen LogP contribution in [-0.2, 0) is 16.1 Å². The predicted octanol–water partition coefficient (Wildman–Crippen LogP) is 4.55. The van der Waals surface area contributed by atoms with E-state index in [0.29, 0.717) is 6.42 Å². The van der Waals surface area contributed by atoms with Gasteiger partial charge in [0.25, 0.3) is 0 Å². The lowest BCUT2D eigenvalue weighted by Gasteiger charge is -2.29. The first-order valence-electron chi connectivity index (χ1n) is 11.1. The van der Waals surface area contributed by atoms with Crippen molar-refractivity contribution in [3.63, 3.8) is 0 Å². The van der Waals surface area contributed by atoms with Crippen LogP contribution in [0.1, 0.15) is 51.9 Å². The number of para-hydroxylation sites is 3. The molecule has 1 aromatic heterocycles. The number of nitrogens with zero attached hydrogens (tertiary/aromatic N) is 4. The van der Waals surface area contributed by atoms with Crippen LogP contribution in [-0.4, -0.2) is 38.9 Å². The fourth-order valence-electron chi connectivity index (χ4n) is 4.58. The molecular weight excluding hydrogens is 388 g/mol. The van der Waals surface area contributed by atoms with Crippen LogP contribution >= 0.6 is 0 Å². The predicted molar refractivity (Wildman–Crippen MR) is 123 cm³/mol. The number of carbonyl (C=O) groups excluding carboxylic acids is 2. The first-order valence-corrected chi connectivity index (χ1v) is 11.1. The number of rotatable bonds is 6. The van der Waals surface area contributed by atoms with E-state index in [1.165, 1.54) is 0 Å². The minimum Gasteiger partial charge on any atom is -0.333 e. The van der Waals surface area contributed by atoms with Gasteiger partial charge in [-0.05, 0) is 51.0 Å². The Hall–Kier alpha value is -3.15. The second-order valence-corrected chi connectivity index (χ2v) is 8.34. The zero-order valence-corrected chi connectivity index (χ0v) is 18.5. The van der Waals surface area contributed by atoms with E-state index in [0.717, 1.165) is 41.9 Å². The highest BCUT2D eigenvalue weighted by Crippen LogP contribution is 2.34. The molecule has 1 fully saturated rings. The van der Waals surface area contributed by atoms with E-state index < -0.39 is 0 Å². The average molecular weight is 419 g/mol. The van der Waals surface area contributed by atoms with Crippen molar-refractivity contribution in [2.75, 3.05) is 11.4 Å². The number of anilines is 1. The number of hydrogen-bond donors (Lipinski definition) is 0. The largest absolute Gasteiger partial charge is 0.333 e. The first kappa shape index (κ1) is 21.1. The molecule has 162 valence electrons. The van der Waals surface area contributed by atoms with Crippen molar-refractivity contribution in [1.29, 1.82) is 0 Å². The maximum atomic E-state index is 13.5. The molecule has 2 aromatic carbocycles. The third kappa shape index (κ3) is 4.07. The topological polar surface area (TPSA) is 58.4 Å². The van der Waals surface area contributed by atoms with Gasteiger partial charge in [0.05, 0.1) is 17.1 Å². The van der Waals surface area contributed by atoms with Crippen LogP contribution in [0.4, 0.5) is 5.69 Å². The van der Waals surface area contributed by atoms with Crippen LogP contribution in [0.25, 0.3) is 11.0 Å². The molecule has 2 heterocycles. The van der Waals surface area contributed by atoms with E-state index in [1.807, 2.05) is 89.7 Å². The summed E-state index contributed by atoms with van der Waals surface area (Å²) in [6, 6.07) is 17.6. The van der Waals surface area contributed by atoms with Gasteiger partial charge in [-0.15, -0.1) is 0 Å². The summed E-state index contributed by atoms with van der Waals surface area (Å²) in [7, 11) is 0. The molecule has 4 rings (SSSR count). The van der Waals surface area contributed by atoms with Crippen molar-refractivity contribution in [2.24, 2.45) is 0 Å². The van der Waals surface area contributed by atoms with E-state index in [9.17, 15) is 9.59 Å². The smallest absolute Gasteiger partial charge is 0.247 e. The summed E-state index contributed by atoms with van der Waals surface area (Å²) in [6.45, 7) is 6.88. The summed E-state index contributed by atoms with van der Waals surface area (Å²) in [5.74, 6) is 0.961. The highest BCUT2D eigenvalue weighted by Gasteiger charge is 2.34. The number of carbonyl (C=O) groups is 2. The number of benzene rings is 2. The summed E-state index contributed by atoms with van der Waals surface area (Å²) in [5, 5.41) is 0. The summed E-state index contributed by atoms with van der Waals surface area (Å²) >= 11 is 0. The second kappa shape index (κ2) is 8.92. The highest BCUT2D eigenvalue weighted by atomic mass is 16.2. The molecule has 6 heteroatoms. The number of fused-ring (bicyclic) bond motifs is 1. The molecule has 31 heavy (non-hydrogen) atoms. The maximum Gasteiger partial charge on any atom is 0.247 e. The van der Waals surface area contributed by atoms with Gasteiger partial charge in [-0.25, -0.2) is 4.98 Å². The van der Waals surface area contributed by atoms with Gasteiger partial charge in [0.15, 0.2) is 0 Å². The van der Waals surface area contributed by atoms with E-state index in [4.69, 9.17) is 4.98 Å². The van der Waals surface area contributed by atoms with E-state index in [2.05, 4.69) is 0 Å². The van der Waals surface area contributed by atoms with Gasteiger partial charge in [0, 0.05) is 24.7 Å². The fourth-order valence-corrected chi connectivity index (χ4v) is 4.58. The van der Waals surface area contributed by atoms with Crippen molar-refractivity contribution < 1.29 is 9.59 Å². The number of aromatic nitrogens is 2. The molecule has 1 aliphatic heterocycles. The van der Waals surface area contributed by atoms with Crippen LogP contribution in [0.2, 0.25) is 0 Å². The zero-order valence-electron chi connectivity index (χ0n) is 18.5. The van der Waals surface area contributed by atoms with Gasteiger partial charge >= 0.3 is 0 Å². The molecule has 1 aliphatic rings. The molecule has 0 radical (unpaired) electrons. The van der Waals surface area contributed by atoms with Gasteiger partial charge < -0.3 is 14.4 Å². The van der Waals surface area contributed by atoms with Crippen molar-refractivity contribution >= 4 is 28.5 Å². The fraction of sp³-hybridized carbons (Fsp3) is 0.400. The second-order valence-electron chi connectivity index (χ2n) is 8.34. The van der Waals surface area contributed by atoms with Crippen molar-refractivity contribution in [3.05, 3.63) is 60.4 Å². The molecule has 0 bridgehead atoms. The van der Waals surface area contributed by atoms with Crippen molar-refractivity contribution in [1.82, 2.24) is 14.5 Å². The van der Waals surface area contributed by atoms with Gasteiger partial charge in [-0.1, -0.05) is 37.3 Å². The number of amides is 2. The summed E-state index contributed by atoms with van der Waals surface area (Å²) in [4.78, 5) is 34.7. The summed E-state index contributed by atoms with van der Waals surface area (Å²) < 4.78 is 2.02. The molecule has 0 N–H and O–H groups in total. The lowest BCUT2D eigenvalue weighted by atomic mass is 10.2. The molecule has 6 nitrogen and oxygen atoms in total. The van der Waals surface area contributed by atoms with Gasteiger partial charge in [-0.3, -0.25) is 9.59 Å². The Balaban J connectivity index is 1.74. The van der Waals surface area contributed by atoms with Crippen LogP contribution in [0.15, 0.2) is 54.6 Å². The van der Waals surface area contributed by atoms with Crippen LogP contribution in [0.5, 0.6) is 0 Å². The van der Waals surface area contributed by atoms with Crippen LogP contribution in [0.3, 0.4) is 0 Å². The van der Waals surface area contributed by atoms with Gasteiger partial charge in [0.2, 0.25) is 11.8 Å². The molecule has 2 amide bonds. The lowest BCUT2D eigenvalue weighted by Crippen LogP contribution is -2.40. The molecular formula is C25H30N4O2. The Labute approximate surface area is 183 Å². The van der Waals surface area contributed by atoms with Crippen LogP contribution < -0.4 is 4.90 Å². The molecule has 3 aromatic rings. The SMILES string of the molecule is CCC(=O)N1CCC[C@@H]1c1nc2ccccc2n1CC(=O)N(c1ccccc1)C(C)C. The molecule has 1 saturated heterocycles. The third-order valence-corrected chi connectivity index (χ3v) is 5.97. The zero-order chi connectivity index (χ0) is 22.0. The third-order valence-electron chi connectivity index (χ3n) is 5.97. The maximum absolute atomic E-state index is 13.5. The Morgan fingerprint density at radius 1 is 1.10 bits per heavy atom. The summed E-state index contributed by atoms with van der Waals surface area (Å²) in [6.07, 6.45) is 2.30.